The third-order valence-electron chi connectivity index (χ3n) is 2.57. The molecule has 0 amide bonds. The van der Waals surface area contributed by atoms with Crippen molar-refractivity contribution in [2.75, 3.05) is 0 Å². The summed E-state index contributed by atoms with van der Waals surface area (Å²) in [6, 6.07) is 0. The van der Waals surface area contributed by atoms with Crippen molar-refractivity contribution in [2.45, 2.75) is 60.9 Å². The number of hydrogen-bond donors (Lipinski definition) is 0. The van der Waals surface area contributed by atoms with E-state index in [9.17, 15) is 0 Å². The molecule has 0 N–H and O–H groups in total. The van der Waals surface area contributed by atoms with Crippen LogP contribution in [0, 0.1) is 0 Å². The van der Waals surface area contributed by atoms with Gasteiger partial charge in [-0.25, -0.2) is 9.67 Å². The lowest BCUT2D eigenvalue weighted by molar-refractivity contribution is 0.588. The minimum absolute atomic E-state index is 0.377. The normalized spacial score (nSPS) is 12.3. The van der Waals surface area contributed by atoms with Gasteiger partial charge in [-0.05, 0) is 26.8 Å². The quantitative estimate of drug-likeness (QED) is 0.589. The zero-order chi connectivity index (χ0) is 15.5. The van der Waals surface area contributed by atoms with E-state index < -0.39 is 0 Å². The van der Waals surface area contributed by atoms with E-state index in [1.807, 2.05) is 44.5 Å². The number of aromatic nitrogens is 3. The Hall–Kier alpha value is -1.71. The molecule has 0 bridgehead atoms. The molecule has 1 aromatic heterocycles. The van der Waals surface area contributed by atoms with Gasteiger partial charge in [0.25, 0.3) is 0 Å². The van der Waals surface area contributed by atoms with Crippen LogP contribution in [0.25, 0.3) is 5.57 Å². The molecule has 1 rings (SSSR count). The minimum atomic E-state index is 0.377. The molecule has 4 heteroatoms. The molecular formula is C16H28N4. The van der Waals surface area contributed by atoms with Crippen LogP contribution in [-0.4, -0.2) is 21.0 Å². The van der Waals surface area contributed by atoms with E-state index >= 15 is 0 Å². The highest BCUT2D eigenvalue weighted by molar-refractivity contribution is 5.69. The van der Waals surface area contributed by atoms with E-state index in [1.165, 1.54) is 0 Å². The molecule has 0 fully saturated rings. The Morgan fingerprint density at radius 3 is 2.35 bits per heavy atom. The first-order chi connectivity index (χ1) is 9.63. The van der Waals surface area contributed by atoms with Crippen molar-refractivity contribution in [1.29, 1.82) is 0 Å². The van der Waals surface area contributed by atoms with Gasteiger partial charge in [0, 0.05) is 30.5 Å². The molecule has 0 atom stereocenters. The highest BCUT2D eigenvalue weighted by Crippen LogP contribution is 2.17. The third kappa shape index (κ3) is 5.11. The van der Waals surface area contributed by atoms with E-state index in [2.05, 4.69) is 35.8 Å². The Balaban J connectivity index is 0.00000172. The molecule has 0 spiro atoms. The third-order valence-corrected chi connectivity index (χ3v) is 2.57. The van der Waals surface area contributed by atoms with Gasteiger partial charge in [-0.1, -0.05) is 33.8 Å². The molecule has 0 aliphatic rings. The van der Waals surface area contributed by atoms with Crippen molar-refractivity contribution in [1.82, 2.24) is 14.8 Å². The van der Waals surface area contributed by atoms with Gasteiger partial charge < -0.3 is 0 Å². The Kier molecular flexibility index (Phi) is 9.26. The number of hydrogen-bond acceptors (Lipinski definition) is 3. The van der Waals surface area contributed by atoms with Gasteiger partial charge in [-0.15, -0.1) is 0 Å². The van der Waals surface area contributed by atoms with Gasteiger partial charge >= 0.3 is 0 Å². The fourth-order valence-corrected chi connectivity index (χ4v) is 1.65. The SMILES string of the molecule is CC.CC=N/C=C\C(=C/C)c1nc(C(C)C)n(CC)n1. The second-order valence-corrected chi connectivity index (χ2v) is 4.23. The number of rotatable bonds is 5. The maximum Gasteiger partial charge on any atom is 0.181 e. The molecule has 4 nitrogen and oxygen atoms in total. The maximum atomic E-state index is 4.61. The summed E-state index contributed by atoms with van der Waals surface area (Å²) in [6.45, 7) is 15.1. The Labute approximate surface area is 123 Å². The monoisotopic (exact) mass is 276 g/mol. The van der Waals surface area contributed by atoms with Crippen LogP contribution in [0.4, 0.5) is 0 Å². The fraction of sp³-hybridized carbons (Fsp3) is 0.562. The molecule has 0 aliphatic heterocycles. The van der Waals surface area contributed by atoms with Crippen molar-refractivity contribution < 1.29 is 0 Å². The maximum absolute atomic E-state index is 4.61. The van der Waals surface area contributed by atoms with Crippen LogP contribution in [0.3, 0.4) is 0 Å². The first-order valence-electron chi connectivity index (χ1n) is 7.39. The second kappa shape index (κ2) is 10.1. The Morgan fingerprint density at radius 1 is 1.30 bits per heavy atom. The van der Waals surface area contributed by atoms with Crippen LogP contribution in [0.5, 0.6) is 0 Å². The van der Waals surface area contributed by atoms with Crippen molar-refractivity contribution in [3.63, 3.8) is 0 Å². The van der Waals surface area contributed by atoms with Crippen LogP contribution in [0.1, 0.15) is 66.0 Å². The molecule has 0 saturated carbocycles. The predicted octanol–water partition coefficient (Wildman–Crippen LogP) is 4.46. The van der Waals surface area contributed by atoms with E-state index in [0.29, 0.717) is 5.92 Å². The highest BCUT2D eigenvalue weighted by Gasteiger charge is 2.13. The number of aryl methyl sites for hydroxylation is 1. The summed E-state index contributed by atoms with van der Waals surface area (Å²) in [5.74, 6) is 2.17. The van der Waals surface area contributed by atoms with Crippen molar-refractivity contribution >= 4 is 11.8 Å². The van der Waals surface area contributed by atoms with Gasteiger partial charge in [0.05, 0.1) is 0 Å². The summed E-state index contributed by atoms with van der Waals surface area (Å²) in [5, 5.41) is 4.53. The summed E-state index contributed by atoms with van der Waals surface area (Å²) in [6.07, 6.45) is 7.44. The topological polar surface area (TPSA) is 43.1 Å². The predicted molar refractivity (Wildman–Crippen MR) is 88.1 cm³/mol. The molecule has 1 heterocycles. The highest BCUT2D eigenvalue weighted by atomic mass is 15.3. The van der Waals surface area contributed by atoms with Crippen LogP contribution in [0.2, 0.25) is 0 Å². The Morgan fingerprint density at radius 2 is 1.95 bits per heavy atom. The van der Waals surface area contributed by atoms with E-state index in [-0.39, 0.29) is 0 Å². The standard InChI is InChI=1S/C14H22N4.C2H6/c1-6-12(9-10-15-7-2)13-16-14(11(4)5)18(8-3)17-13;1-2/h6-7,9-11H,8H2,1-5H3;1-2H3/b10-9-,12-6+,15-7?;. The van der Waals surface area contributed by atoms with Gasteiger partial charge in [0.15, 0.2) is 5.82 Å². The first kappa shape index (κ1) is 18.3. The second-order valence-electron chi connectivity index (χ2n) is 4.23. The summed E-state index contributed by atoms with van der Waals surface area (Å²) in [7, 11) is 0. The average molecular weight is 276 g/mol. The van der Waals surface area contributed by atoms with Crippen molar-refractivity contribution in [2.24, 2.45) is 4.99 Å². The molecule has 0 radical (unpaired) electrons. The van der Waals surface area contributed by atoms with Crippen LogP contribution in [-0.2, 0) is 6.54 Å². The molecule has 0 saturated heterocycles. The van der Waals surface area contributed by atoms with Crippen LogP contribution in [0.15, 0.2) is 23.3 Å². The zero-order valence-corrected chi connectivity index (χ0v) is 13.9. The van der Waals surface area contributed by atoms with Crippen LogP contribution < -0.4 is 0 Å². The minimum Gasteiger partial charge on any atom is -0.269 e. The van der Waals surface area contributed by atoms with Gasteiger partial charge in [-0.3, -0.25) is 4.99 Å². The summed E-state index contributed by atoms with van der Waals surface area (Å²) in [4.78, 5) is 8.67. The lowest BCUT2D eigenvalue weighted by atomic mass is 10.2. The fourth-order valence-electron chi connectivity index (χ4n) is 1.65. The smallest absolute Gasteiger partial charge is 0.181 e. The molecule has 0 unspecified atom stereocenters. The molecule has 0 aromatic carbocycles. The zero-order valence-electron chi connectivity index (χ0n) is 13.9. The van der Waals surface area contributed by atoms with Gasteiger partial charge in [-0.2, -0.15) is 5.10 Å². The van der Waals surface area contributed by atoms with Crippen molar-refractivity contribution in [3.05, 3.63) is 30.0 Å². The van der Waals surface area contributed by atoms with E-state index in [4.69, 9.17) is 0 Å². The van der Waals surface area contributed by atoms with Crippen molar-refractivity contribution in [3.8, 4) is 0 Å². The summed E-state index contributed by atoms with van der Waals surface area (Å²) >= 11 is 0. The average Bonchev–Trinajstić information content (AvgIpc) is 2.90. The summed E-state index contributed by atoms with van der Waals surface area (Å²) < 4.78 is 1.96. The van der Waals surface area contributed by atoms with Gasteiger partial charge in [0.2, 0.25) is 0 Å². The molecule has 1 aromatic rings. The van der Waals surface area contributed by atoms with Crippen LogP contribution >= 0.6 is 0 Å². The van der Waals surface area contributed by atoms with Gasteiger partial charge in [0.1, 0.15) is 5.82 Å². The largest absolute Gasteiger partial charge is 0.269 e. The number of aliphatic imine (C=N–C) groups is 1. The molecule has 112 valence electrons. The first-order valence-corrected chi connectivity index (χ1v) is 7.39. The molecular weight excluding hydrogens is 248 g/mol. The molecule has 20 heavy (non-hydrogen) atoms. The van der Waals surface area contributed by atoms with E-state index in [0.717, 1.165) is 23.8 Å². The summed E-state index contributed by atoms with van der Waals surface area (Å²) in [5.41, 5.74) is 0.995. The molecule has 0 aliphatic carbocycles. The number of allylic oxidation sites excluding steroid dienone is 3. The number of nitrogens with zero attached hydrogens (tertiary/aromatic N) is 4. The lowest BCUT2D eigenvalue weighted by Gasteiger charge is -2.03. The Bertz CT molecular complexity index is 465. The lowest BCUT2D eigenvalue weighted by Crippen LogP contribution is -2.04. The van der Waals surface area contributed by atoms with E-state index in [1.54, 1.807) is 12.4 Å².